The normalized spacial score (nSPS) is 18.2. The molecule has 2 aromatic rings. The van der Waals surface area contributed by atoms with Crippen LogP contribution in [0.2, 0.25) is 0 Å². The van der Waals surface area contributed by atoms with Gasteiger partial charge < -0.3 is 11.1 Å². The molecule has 0 unspecified atom stereocenters. The van der Waals surface area contributed by atoms with Gasteiger partial charge in [-0.1, -0.05) is 18.2 Å². The number of rotatable bonds is 6. The van der Waals surface area contributed by atoms with E-state index in [0.717, 1.165) is 36.5 Å². The smallest absolute Gasteiger partial charge is 0.148 e. The summed E-state index contributed by atoms with van der Waals surface area (Å²) in [6, 6.07) is 0.166. The fourth-order valence-corrected chi connectivity index (χ4v) is 4.45. The van der Waals surface area contributed by atoms with Gasteiger partial charge in [-0.25, -0.2) is 9.97 Å². The zero-order valence-electron chi connectivity index (χ0n) is 14.3. The molecule has 2 aliphatic rings. The van der Waals surface area contributed by atoms with E-state index in [4.69, 9.17) is 15.7 Å². The van der Waals surface area contributed by atoms with E-state index in [1.807, 2.05) is 0 Å². The number of aromatic nitrogens is 2. The highest BCUT2D eigenvalue weighted by molar-refractivity contribution is 7.19. The molecule has 0 amide bonds. The van der Waals surface area contributed by atoms with Crippen LogP contribution in [-0.4, -0.2) is 22.6 Å². The van der Waals surface area contributed by atoms with Crippen LogP contribution in [0, 0.1) is 6.92 Å². The first-order valence-electron chi connectivity index (χ1n) is 8.75. The predicted octanol–water partition coefficient (Wildman–Crippen LogP) is 4.07. The quantitative estimate of drug-likeness (QED) is 0.832. The van der Waals surface area contributed by atoms with Crippen molar-refractivity contribution in [1.82, 2.24) is 9.97 Å². The highest BCUT2D eigenvalue weighted by Crippen LogP contribution is 2.42. The highest BCUT2D eigenvalue weighted by Gasteiger charge is 2.28. The maximum absolute atomic E-state index is 6.02. The van der Waals surface area contributed by atoms with E-state index in [2.05, 4.69) is 37.4 Å². The largest absolute Gasteiger partial charge is 0.365 e. The summed E-state index contributed by atoms with van der Waals surface area (Å²) in [6.45, 7) is 5.08. The van der Waals surface area contributed by atoms with Crippen molar-refractivity contribution in [2.45, 2.75) is 51.5 Å². The van der Waals surface area contributed by atoms with Crippen LogP contribution < -0.4 is 11.1 Å². The number of nitrogens with zero attached hydrogens (tertiary/aromatic N) is 2. The number of hydrogen-bond acceptors (Lipinski definition) is 5. The molecule has 24 heavy (non-hydrogen) atoms. The SMILES string of the molecule is Cc1c(C[C@H](C)N)sc2c(NCC3=CC=CC3)nc(C3CC3)nc12. The molecule has 0 saturated heterocycles. The van der Waals surface area contributed by atoms with Crippen LogP contribution >= 0.6 is 11.3 Å². The van der Waals surface area contributed by atoms with Crippen LogP contribution in [0.4, 0.5) is 5.82 Å². The number of thiophene rings is 1. The summed E-state index contributed by atoms with van der Waals surface area (Å²) in [5.41, 5.74) is 9.82. The van der Waals surface area contributed by atoms with E-state index in [1.165, 1.54) is 33.6 Å². The van der Waals surface area contributed by atoms with Gasteiger partial charge in [0.25, 0.3) is 0 Å². The van der Waals surface area contributed by atoms with Crippen LogP contribution in [0.3, 0.4) is 0 Å². The fourth-order valence-electron chi connectivity index (χ4n) is 3.10. The van der Waals surface area contributed by atoms with Crippen molar-refractivity contribution < 1.29 is 0 Å². The Balaban J connectivity index is 1.71. The first-order chi connectivity index (χ1) is 11.6. The summed E-state index contributed by atoms with van der Waals surface area (Å²) in [4.78, 5) is 11.1. The van der Waals surface area contributed by atoms with E-state index in [-0.39, 0.29) is 6.04 Å². The second-order valence-electron chi connectivity index (χ2n) is 7.02. The molecule has 0 radical (unpaired) electrons. The molecular weight excluding hydrogens is 316 g/mol. The number of nitrogens with two attached hydrogens (primary N) is 1. The van der Waals surface area contributed by atoms with Crippen LogP contribution in [0.1, 0.15) is 48.4 Å². The van der Waals surface area contributed by atoms with Gasteiger partial charge in [0.15, 0.2) is 0 Å². The molecule has 3 N–H and O–H groups in total. The maximum atomic E-state index is 6.02. The Kier molecular flexibility index (Phi) is 4.14. The predicted molar refractivity (Wildman–Crippen MR) is 102 cm³/mol. The standard InChI is InChI=1S/C19H24N4S/c1-11(20)9-15-12(2)16-17(24-15)19(21-10-13-5-3-4-6-13)23-18(22-16)14-7-8-14/h3-5,11,14H,6-10,20H2,1-2H3,(H,21,22,23)/t11-/m0/s1. The van der Waals surface area contributed by atoms with Gasteiger partial charge in [-0.3, -0.25) is 0 Å². The highest BCUT2D eigenvalue weighted by atomic mass is 32.1. The molecule has 1 fully saturated rings. The third-order valence-electron chi connectivity index (χ3n) is 4.66. The van der Waals surface area contributed by atoms with Gasteiger partial charge >= 0.3 is 0 Å². The molecule has 0 aromatic carbocycles. The van der Waals surface area contributed by atoms with Gasteiger partial charge in [-0.05, 0) is 50.7 Å². The van der Waals surface area contributed by atoms with E-state index < -0.39 is 0 Å². The van der Waals surface area contributed by atoms with E-state index >= 15 is 0 Å². The summed E-state index contributed by atoms with van der Waals surface area (Å²) < 4.78 is 1.18. The molecule has 5 heteroatoms. The minimum Gasteiger partial charge on any atom is -0.365 e. The summed E-state index contributed by atoms with van der Waals surface area (Å²) in [6.07, 6.45) is 10.9. The van der Waals surface area contributed by atoms with Crippen LogP contribution in [0.25, 0.3) is 10.2 Å². The zero-order valence-corrected chi connectivity index (χ0v) is 15.1. The molecule has 4 rings (SSSR count). The lowest BCUT2D eigenvalue weighted by Gasteiger charge is -2.09. The topological polar surface area (TPSA) is 63.8 Å². The molecule has 1 saturated carbocycles. The van der Waals surface area contributed by atoms with Gasteiger partial charge in [0.05, 0.1) is 10.2 Å². The zero-order chi connectivity index (χ0) is 16.7. The third kappa shape index (κ3) is 3.10. The van der Waals surface area contributed by atoms with Gasteiger partial charge in [0.2, 0.25) is 0 Å². The fraction of sp³-hybridized carbons (Fsp3) is 0.474. The monoisotopic (exact) mass is 340 g/mol. The third-order valence-corrected chi connectivity index (χ3v) is 5.97. The lowest BCUT2D eigenvalue weighted by molar-refractivity contribution is 0.744. The maximum Gasteiger partial charge on any atom is 0.148 e. The van der Waals surface area contributed by atoms with Crippen molar-refractivity contribution in [2.24, 2.45) is 5.73 Å². The van der Waals surface area contributed by atoms with Gasteiger partial charge in [-0.15, -0.1) is 11.3 Å². The van der Waals surface area contributed by atoms with E-state index in [0.29, 0.717) is 5.92 Å². The first-order valence-corrected chi connectivity index (χ1v) is 9.57. The Morgan fingerprint density at radius 1 is 1.38 bits per heavy atom. The Morgan fingerprint density at radius 2 is 2.21 bits per heavy atom. The molecule has 4 nitrogen and oxygen atoms in total. The summed E-state index contributed by atoms with van der Waals surface area (Å²) in [5, 5.41) is 3.57. The molecule has 0 aliphatic heterocycles. The van der Waals surface area contributed by atoms with E-state index in [1.54, 1.807) is 11.3 Å². The average molecular weight is 340 g/mol. The number of nitrogens with one attached hydrogen (secondary N) is 1. The van der Waals surface area contributed by atoms with Crippen molar-refractivity contribution in [1.29, 1.82) is 0 Å². The summed E-state index contributed by atoms with van der Waals surface area (Å²) in [5.74, 6) is 2.56. The first kappa shape index (κ1) is 15.8. The number of hydrogen-bond donors (Lipinski definition) is 2. The van der Waals surface area contributed by atoms with Crippen LogP contribution in [0.15, 0.2) is 23.8 Å². The minimum absolute atomic E-state index is 0.166. The second kappa shape index (κ2) is 6.30. The average Bonchev–Trinajstić information content (AvgIpc) is 3.19. The molecule has 2 aliphatic carbocycles. The Morgan fingerprint density at radius 3 is 2.88 bits per heavy atom. The Bertz CT molecular complexity index is 827. The molecule has 2 aromatic heterocycles. The van der Waals surface area contributed by atoms with Crippen molar-refractivity contribution in [3.05, 3.63) is 40.1 Å². The van der Waals surface area contributed by atoms with Crippen molar-refractivity contribution >= 4 is 27.4 Å². The van der Waals surface area contributed by atoms with Gasteiger partial charge in [0.1, 0.15) is 11.6 Å². The second-order valence-corrected chi connectivity index (χ2v) is 8.13. The van der Waals surface area contributed by atoms with Gasteiger partial charge in [-0.2, -0.15) is 0 Å². The molecule has 1 atom stereocenters. The minimum atomic E-state index is 0.166. The lowest BCUT2D eigenvalue weighted by Crippen LogP contribution is -2.17. The molecule has 0 spiro atoms. The van der Waals surface area contributed by atoms with Crippen molar-refractivity contribution in [3.8, 4) is 0 Å². The number of aryl methyl sites for hydroxylation is 1. The molecule has 126 valence electrons. The number of allylic oxidation sites excluding steroid dienone is 3. The summed E-state index contributed by atoms with van der Waals surface area (Å²) in [7, 11) is 0. The molecule has 0 bridgehead atoms. The Hall–Kier alpha value is -1.72. The number of anilines is 1. The lowest BCUT2D eigenvalue weighted by atomic mass is 10.1. The van der Waals surface area contributed by atoms with Crippen LogP contribution in [-0.2, 0) is 6.42 Å². The van der Waals surface area contributed by atoms with Crippen molar-refractivity contribution in [3.63, 3.8) is 0 Å². The Labute approximate surface area is 146 Å². The number of fused-ring (bicyclic) bond motifs is 1. The van der Waals surface area contributed by atoms with Crippen LogP contribution in [0.5, 0.6) is 0 Å². The molecular formula is C19H24N4S. The van der Waals surface area contributed by atoms with Crippen molar-refractivity contribution in [2.75, 3.05) is 11.9 Å². The van der Waals surface area contributed by atoms with Gasteiger partial charge in [0, 0.05) is 23.4 Å². The molecule has 2 heterocycles. The summed E-state index contributed by atoms with van der Waals surface area (Å²) >= 11 is 1.80. The van der Waals surface area contributed by atoms with E-state index in [9.17, 15) is 0 Å².